The van der Waals surface area contributed by atoms with Crippen LogP contribution in [0.4, 0.5) is 0 Å². The highest BCUT2D eigenvalue weighted by Crippen LogP contribution is 2.08. The Balaban J connectivity index is 2.04. The zero-order valence-electron chi connectivity index (χ0n) is 10.8. The smallest absolute Gasteiger partial charge is 0.326 e. The summed E-state index contributed by atoms with van der Waals surface area (Å²) in [5, 5.41) is 2.77. The van der Waals surface area contributed by atoms with Crippen molar-refractivity contribution in [2.75, 3.05) is 13.1 Å². The van der Waals surface area contributed by atoms with Gasteiger partial charge in [0.05, 0.1) is 11.0 Å². The van der Waals surface area contributed by atoms with Gasteiger partial charge in [0.1, 0.15) is 0 Å². The molecule has 0 aliphatic rings. The lowest BCUT2D eigenvalue weighted by Crippen LogP contribution is -2.36. The Bertz CT molecular complexity index is 629. The van der Waals surface area contributed by atoms with Crippen molar-refractivity contribution in [1.29, 1.82) is 0 Å². The molecule has 0 radical (unpaired) electrons. The predicted octanol–water partition coefficient (Wildman–Crippen LogP) is 0.0406. The average molecular weight is 262 g/mol. The fourth-order valence-electron chi connectivity index (χ4n) is 1.90. The molecule has 0 aliphatic carbocycles. The van der Waals surface area contributed by atoms with Crippen LogP contribution >= 0.6 is 0 Å². The highest BCUT2D eigenvalue weighted by molar-refractivity contribution is 5.78. The molecule has 0 spiro atoms. The third kappa shape index (κ3) is 2.85. The van der Waals surface area contributed by atoms with E-state index >= 15 is 0 Å². The van der Waals surface area contributed by atoms with Gasteiger partial charge in [-0.1, -0.05) is 19.1 Å². The number of nitrogens with two attached hydrogens (primary N) is 1. The van der Waals surface area contributed by atoms with E-state index in [1.807, 2.05) is 24.3 Å². The van der Waals surface area contributed by atoms with Gasteiger partial charge in [0, 0.05) is 25.6 Å². The summed E-state index contributed by atoms with van der Waals surface area (Å²) in [5.41, 5.74) is 6.89. The van der Waals surface area contributed by atoms with Gasteiger partial charge >= 0.3 is 5.69 Å². The molecule has 0 saturated heterocycles. The first-order chi connectivity index (χ1) is 9.13. The van der Waals surface area contributed by atoms with Gasteiger partial charge < -0.3 is 16.0 Å². The summed E-state index contributed by atoms with van der Waals surface area (Å²) in [6, 6.07) is 7.47. The molecule has 6 nitrogen and oxygen atoms in total. The third-order valence-corrected chi connectivity index (χ3v) is 3.12. The third-order valence-electron chi connectivity index (χ3n) is 3.12. The molecule has 19 heavy (non-hydrogen) atoms. The SMILES string of the molecule is CC(CN)C(=O)NCCn1c(=O)[nH]c2ccccc21. The van der Waals surface area contributed by atoms with Crippen molar-refractivity contribution in [3.8, 4) is 0 Å². The molecule has 1 aromatic carbocycles. The Kier molecular flexibility index (Phi) is 4.01. The number of imidazole rings is 1. The van der Waals surface area contributed by atoms with Gasteiger partial charge in [-0.15, -0.1) is 0 Å². The molecule has 1 heterocycles. The van der Waals surface area contributed by atoms with E-state index in [-0.39, 0.29) is 17.5 Å². The number of benzene rings is 1. The van der Waals surface area contributed by atoms with Crippen LogP contribution in [0, 0.1) is 5.92 Å². The number of hydrogen-bond acceptors (Lipinski definition) is 3. The van der Waals surface area contributed by atoms with E-state index in [0.717, 1.165) is 11.0 Å². The van der Waals surface area contributed by atoms with E-state index in [2.05, 4.69) is 10.3 Å². The van der Waals surface area contributed by atoms with Crippen LogP contribution in [0.25, 0.3) is 11.0 Å². The lowest BCUT2D eigenvalue weighted by atomic mass is 10.2. The number of carbonyl (C=O) groups is 1. The van der Waals surface area contributed by atoms with Gasteiger partial charge in [0.2, 0.25) is 5.91 Å². The van der Waals surface area contributed by atoms with Crippen LogP contribution < -0.4 is 16.7 Å². The zero-order chi connectivity index (χ0) is 13.8. The second-order valence-electron chi connectivity index (χ2n) is 4.53. The maximum absolute atomic E-state index is 11.8. The number of carbonyl (C=O) groups excluding carboxylic acids is 1. The number of hydrogen-bond donors (Lipinski definition) is 3. The second kappa shape index (κ2) is 5.71. The number of nitrogens with zero attached hydrogens (tertiary/aromatic N) is 1. The number of rotatable bonds is 5. The number of H-pyrrole nitrogens is 1. The van der Waals surface area contributed by atoms with Gasteiger partial charge in [0.25, 0.3) is 0 Å². The van der Waals surface area contributed by atoms with Crippen LogP contribution in [-0.4, -0.2) is 28.5 Å². The lowest BCUT2D eigenvalue weighted by Gasteiger charge is -2.10. The van der Waals surface area contributed by atoms with Gasteiger partial charge in [0.15, 0.2) is 0 Å². The van der Waals surface area contributed by atoms with E-state index < -0.39 is 0 Å². The first kappa shape index (κ1) is 13.4. The Morgan fingerprint density at radius 2 is 2.21 bits per heavy atom. The molecule has 1 atom stereocenters. The molecule has 1 unspecified atom stereocenters. The molecular weight excluding hydrogens is 244 g/mol. The van der Waals surface area contributed by atoms with Crippen LogP contribution in [0.15, 0.2) is 29.1 Å². The van der Waals surface area contributed by atoms with Gasteiger partial charge in [-0.05, 0) is 12.1 Å². The van der Waals surface area contributed by atoms with Gasteiger partial charge in [-0.2, -0.15) is 0 Å². The number of nitrogens with one attached hydrogen (secondary N) is 2. The van der Waals surface area contributed by atoms with Gasteiger partial charge in [-0.3, -0.25) is 9.36 Å². The van der Waals surface area contributed by atoms with E-state index in [0.29, 0.717) is 19.6 Å². The molecular formula is C13H18N4O2. The van der Waals surface area contributed by atoms with Crippen molar-refractivity contribution in [3.63, 3.8) is 0 Å². The van der Waals surface area contributed by atoms with Crippen LogP contribution in [0.2, 0.25) is 0 Å². The van der Waals surface area contributed by atoms with Crippen molar-refractivity contribution in [3.05, 3.63) is 34.7 Å². The van der Waals surface area contributed by atoms with Crippen molar-refractivity contribution in [2.24, 2.45) is 11.7 Å². The fourth-order valence-corrected chi connectivity index (χ4v) is 1.90. The molecule has 2 rings (SSSR count). The van der Waals surface area contributed by atoms with Crippen molar-refractivity contribution < 1.29 is 4.79 Å². The molecule has 102 valence electrons. The minimum Gasteiger partial charge on any atom is -0.354 e. The van der Waals surface area contributed by atoms with Crippen LogP contribution in [-0.2, 0) is 11.3 Å². The summed E-state index contributed by atoms with van der Waals surface area (Å²) in [7, 11) is 0. The molecule has 1 amide bonds. The predicted molar refractivity (Wildman–Crippen MR) is 73.8 cm³/mol. The number of fused-ring (bicyclic) bond motifs is 1. The Morgan fingerprint density at radius 1 is 1.47 bits per heavy atom. The fraction of sp³-hybridized carbons (Fsp3) is 0.385. The molecule has 4 N–H and O–H groups in total. The van der Waals surface area contributed by atoms with E-state index in [4.69, 9.17) is 5.73 Å². The van der Waals surface area contributed by atoms with Crippen molar-refractivity contribution in [2.45, 2.75) is 13.5 Å². The summed E-state index contributed by atoms with van der Waals surface area (Å²) in [6.45, 7) is 2.93. The molecule has 1 aromatic heterocycles. The summed E-state index contributed by atoms with van der Waals surface area (Å²) in [5.74, 6) is -0.296. The monoisotopic (exact) mass is 262 g/mol. The summed E-state index contributed by atoms with van der Waals surface area (Å²) < 4.78 is 1.61. The number of aromatic nitrogens is 2. The summed E-state index contributed by atoms with van der Waals surface area (Å²) in [6.07, 6.45) is 0. The quantitative estimate of drug-likeness (QED) is 0.710. The normalized spacial score (nSPS) is 12.5. The molecule has 0 bridgehead atoms. The molecule has 0 aliphatic heterocycles. The molecule has 0 fully saturated rings. The largest absolute Gasteiger partial charge is 0.354 e. The van der Waals surface area contributed by atoms with E-state index in [9.17, 15) is 9.59 Å². The van der Waals surface area contributed by atoms with Gasteiger partial charge in [-0.25, -0.2) is 4.79 Å². The van der Waals surface area contributed by atoms with Crippen molar-refractivity contribution in [1.82, 2.24) is 14.9 Å². The second-order valence-corrected chi connectivity index (χ2v) is 4.53. The van der Waals surface area contributed by atoms with Crippen LogP contribution in [0.3, 0.4) is 0 Å². The van der Waals surface area contributed by atoms with Crippen LogP contribution in [0.1, 0.15) is 6.92 Å². The van der Waals surface area contributed by atoms with Crippen LogP contribution in [0.5, 0.6) is 0 Å². The standard InChI is InChI=1S/C13H18N4O2/c1-9(8-14)12(18)15-6-7-17-11-5-3-2-4-10(11)16-13(17)19/h2-5,9H,6-8,14H2,1H3,(H,15,18)(H,16,19). The number of aromatic amines is 1. The van der Waals surface area contributed by atoms with Crippen molar-refractivity contribution >= 4 is 16.9 Å². The Hall–Kier alpha value is -2.08. The molecule has 2 aromatic rings. The minimum absolute atomic E-state index is 0.0876. The maximum Gasteiger partial charge on any atom is 0.326 e. The average Bonchev–Trinajstić information content (AvgIpc) is 2.74. The number of para-hydroxylation sites is 2. The number of amides is 1. The molecule has 6 heteroatoms. The lowest BCUT2D eigenvalue weighted by molar-refractivity contribution is -0.124. The minimum atomic E-state index is -0.209. The highest BCUT2D eigenvalue weighted by atomic mass is 16.2. The Morgan fingerprint density at radius 3 is 2.95 bits per heavy atom. The topological polar surface area (TPSA) is 92.9 Å². The first-order valence-corrected chi connectivity index (χ1v) is 6.29. The highest BCUT2D eigenvalue weighted by Gasteiger charge is 2.10. The van der Waals surface area contributed by atoms with E-state index in [1.54, 1.807) is 11.5 Å². The van der Waals surface area contributed by atoms with E-state index in [1.165, 1.54) is 0 Å². The summed E-state index contributed by atoms with van der Waals surface area (Å²) >= 11 is 0. The zero-order valence-corrected chi connectivity index (χ0v) is 10.8. The maximum atomic E-state index is 11.8. The molecule has 0 saturated carbocycles. The first-order valence-electron chi connectivity index (χ1n) is 6.29. The Labute approximate surface area is 110 Å². The summed E-state index contributed by atoms with van der Waals surface area (Å²) in [4.78, 5) is 26.1.